The minimum atomic E-state index is -1.82. The Morgan fingerprint density at radius 1 is 0.969 bits per heavy atom. The first-order chi connectivity index (χ1) is 15.4. The van der Waals surface area contributed by atoms with Crippen molar-refractivity contribution in [2.24, 2.45) is 5.92 Å². The third-order valence-electron chi connectivity index (χ3n) is 5.15. The zero-order valence-corrected chi connectivity index (χ0v) is 17.8. The molecule has 32 heavy (non-hydrogen) atoms. The Hall–Kier alpha value is -3.30. The Morgan fingerprint density at radius 2 is 1.59 bits per heavy atom. The molecule has 172 valence electrons. The van der Waals surface area contributed by atoms with Gasteiger partial charge in [-0.15, -0.1) is 0 Å². The van der Waals surface area contributed by atoms with Crippen LogP contribution in [0.3, 0.4) is 0 Å². The van der Waals surface area contributed by atoms with Crippen LogP contribution in [0, 0.1) is 5.92 Å². The van der Waals surface area contributed by atoms with Gasteiger partial charge >= 0.3 is 11.9 Å². The molecule has 2 aromatic rings. The summed E-state index contributed by atoms with van der Waals surface area (Å²) in [6.45, 7) is 3.69. The van der Waals surface area contributed by atoms with Gasteiger partial charge in [-0.05, 0) is 43.1 Å². The number of benzene rings is 1. The fourth-order valence-electron chi connectivity index (χ4n) is 3.54. The predicted octanol–water partition coefficient (Wildman–Crippen LogP) is 1.47. The number of likely N-dealkylation sites (tertiary alicyclic amines) is 1. The van der Waals surface area contributed by atoms with Crippen molar-refractivity contribution in [2.75, 3.05) is 26.2 Å². The number of amides is 1. The maximum Gasteiger partial charge on any atom is 0.414 e. The number of carbonyl (C=O) groups is 3. The number of aliphatic hydroxyl groups is 1. The standard InChI is InChI=1S/C21H27N3O2.C2H2O4/c25-14-13-24(17-18-5-2-1-3-6-18)21(26)20-8-11-23(12-9-20)16-19-7-4-10-22-15-19;3-1(4)2(5)6/h1-7,10,15,20,25H,8-9,11-14,16-17H2;(H,3,4)(H,5,6). The largest absolute Gasteiger partial charge is 0.473 e. The van der Waals surface area contributed by atoms with E-state index in [-0.39, 0.29) is 18.4 Å². The first-order valence-corrected chi connectivity index (χ1v) is 10.4. The van der Waals surface area contributed by atoms with E-state index in [1.54, 1.807) is 11.1 Å². The molecule has 0 bridgehead atoms. The van der Waals surface area contributed by atoms with E-state index in [4.69, 9.17) is 19.8 Å². The van der Waals surface area contributed by atoms with E-state index in [0.717, 1.165) is 38.0 Å². The predicted molar refractivity (Wildman–Crippen MR) is 116 cm³/mol. The van der Waals surface area contributed by atoms with Crippen molar-refractivity contribution < 1.29 is 29.7 Å². The van der Waals surface area contributed by atoms with E-state index in [0.29, 0.717) is 13.1 Å². The summed E-state index contributed by atoms with van der Waals surface area (Å²) in [5.41, 5.74) is 2.31. The monoisotopic (exact) mass is 443 g/mol. The van der Waals surface area contributed by atoms with E-state index < -0.39 is 11.9 Å². The topological polar surface area (TPSA) is 131 Å². The lowest BCUT2D eigenvalue weighted by Crippen LogP contribution is -2.43. The highest BCUT2D eigenvalue weighted by atomic mass is 16.4. The molecular formula is C23H29N3O6. The zero-order valence-electron chi connectivity index (χ0n) is 17.8. The van der Waals surface area contributed by atoms with E-state index in [2.05, 4.69) is 16.0 Å². The average molecular weight is 444 g/mol. The molecule has 1 fully saturated rings. The molecule has 9 heteroatoms. The second-order valence-electron chi connectivity index (χ2n) is 7.49. The van der Waals surface area contributed by atoms with Gasteiger partial charge in [-0.25, -0.2) is 9.59 Å². The van der Waals surface area contributed by atoms with Gasteiger partial charge in [0.25, 0.3) is 0 Å². The number of hydrogen-bond donors (Lipinski definition) is 3. The minimum absolute atomic E-state index is 0.00156. The molecule has 0 spiro atoms. The summed E-state index contributed by atoms with van der Waals surface area (Å²) in [6.07, 6.45) is 5.43. The van der Waals surface area contributed by atoms with Gasteiger partial charge in [0.1, 0.15) is 0 Å². The molecule has 0 atom stereocenters. The fourth-order valence-corrected chi connectivity index (χ4v) is 3.54. The molecule has 1 amide bonds. The van der Waals surface area contributed by atoms with Gasteiger partial charge in [-0.1, -0.05) is 36.4 Å². The molecule has 0 unspecified atom stereocenters. The summed E-state index contributed by atoms with van der Waals surface area (Å²) in [7, 11) is 0. The number of carboxylic acid groups (broad SMARTS) is 2. The first kappa shape index (κ1) is 25.0. The summed E-state index contributed by atoms with van der Waals surface area (Å²) in [5.74, 6) is -3.43. The average Bonchev–Trinajstić information content (AvgIpc) is 2.80. The molecule has 1 aliphatic rings. The number of aromatic nitrogens is 1. The van der Waals surface area contributed by atoms with Gasteiger partial charge in [0.15, 0.2) is 0 Å². The first-order valence-electron chi connectivity index (χ1n) is 10.4. The van der Waals surface area contributed by atoms with Gasteiger partial charge in [-0.3, -0.25) is 14.7 Å². The molecule has 9 nitrogen and oxygen atoms in total. The SMILES string of the molecule is O=C(C1CCN(Cc2cccnc2)CC1)N(CCO)Cc1ccccc1.O=C(O)C(=O)O. The third kappa shape index (κ3) is 8.44. The summed E-state index contributed by atoms with van der Waals surface area (Å²) < 4.78 is 0. The lowest BCUT2D eigenvalue weighted by Gasteiger charge is -2.34. The number of pyridine rings is 1. The van der Waals surface area contributed by atoms with Crippen LogP contribution < -0.4 is 0 Å². The van der Waals surface area contributed by atoms with Gasteiger partial charge in [0.2, 0.25) is 5.91 Å². The van der Waals surface area contributed by atoms with Crippen LogP contribution >= 0.6 is 0 Å². The number of hydrogen-bond acceptors (Lipinski definition) is 6. The molecule has 0 radical (unpaired) electrons. The normalized spacial score (nSPS) is 14.2. The highest BCUT2D eigenvalue weighted by Gasteiger charge is 2.28. The maximum absolute atomic E-state index is 12.9. The van der Waals surface area contributed by atoms with Gasteiger partial charge < -0.3 is 20.2 Å². The molecule has 2 heterocycles. The number of piperidine rings is 1. The Balaban J connectivity index is 0.000000534. The van der Waals surface area contributed by atoms with Crippen LogP contribution in [-0.4, -0.2) is 74.2 Å². The summed E-state index contributed by atoms with van der Waals surface area (Å²) in [6, 6.07) is 14.0. The minimum Gasteiger partial charge on any atom is -0.473 e. The van der Waals surface area contributed by atoms with E-state index in [1.807, 2.05) is 42.6 Å². The third-order valence-corrected chi connectivity index (χ3v) is 5.15. The summed E-state index contributed by atoms with van der Waals surface area (Å²) in [4.78, 5) is 39.5. The molecule has 1 aromatic carbocycles. The Bertz CT molecular complexity index is 843. The molecule has 1 aliphatic heterocycles. The Labute approximate surface area is 186 Å². The number of aliphatic carboxylic acids is 2. The number of aliphatic hydroxyl groups excluding tert-OH is 1. The molecule has 1 saturated heterocycles. The van der Waals surface area contributed by atoms with Crippen LogP contribution in [0.25, 0.3) is 0 Å². The van der Waals surface area contributed by atoms with Gasteiger partial charge in [-0.2, -0.15) is 0 Å². The molecule has 0 aliphatic carbocycles. The van der Waals surface area contributed by atoms with E-state index >= 15 is 0 Å². The van der Waals surface area contributed by atoms with Crippen molar-refractivity contribution >= 4 is 17.8 Å². The quantitative estimate of drug-likeness (QED) is 0.548. The fraction of sp³-hybridized carbons (Fsp3) is 0.391. The summed E-state index contributed by atoms with van der Waals surface area (Å²) in [5, 5.41) is 24.1. The van der Waals surface area contributed by atoms with Crippen molar-refractivity contribution in [1.82, 2.24) is 14.8 Å². The van der Waals surface area contributed by atoms with Crippen LogP contribution in [0.5, 0.6) is 0 Å². The number of rotatable bonds is 7. The van der Waals surface area contributed by atoms with Gasteiger partial charge in [0, 0.05) is 37.9 Å². The van der Waals surface area contributed by atoms with Crippen molar-refractivity contribution in [3.05, 3.63) is 66.0 Å². The maximum atomic E-state index is 12.9. The van der Waals surface area contributed by atoms with Crippen LogP contribution in [0.4, 0.5) is 0 Å². The molecule has 0 saturated carbocycles. The Morgan fingerprint density at radius 3 is 2.12 bits per heavy atom. The smallest absolute Gasteiger partial charge is 0.414 e. The van der Waals surface area contributed by atoms with Crippen molar-refractivity contribution in [2.45, 2.75) is 25.9 Å². The highest BCUT2D eigenvalue weighted by molar-refractivity contribution is 6.27. The van der Waals surface area contributed by atoms with Crippen LogP contribution in [0.15, 0.2) is 54.9 Å². The molecule has 1 aromatic heterocycles. The second kappa shape index (κ2) is 13.2. The van der Waals surface area contributed by atoms with Crippen LogP contribution in [0.2, 0.25) is 0 Å². The lowest BCUT2D eigenvalue weighted by molar-refractivity contribution is -0.159. The Kier molecular flexibility index (Phi) is 10.3. The number of carbonyl (C=O) groups excluding carboxylic acids is 1. The van der Waals surface area contributed by atoms with Crippen molar-refractivity contribution in [3.63, 3.8) is 0 Å². The molecule has 3 N–H and O–H groups in total. The zero-order chi connectivity index (χ0) is 23.3. The van der Waals surface area contributed by atoms with Crippen molar-refractivity contribution in [3.8, 4) is 0 Å². The van der Waals surface area contributed by atoms with E-state index in [9.17, 15) is 9.90 Å². The molecule has 3 rings (SSSR count). The second-order valence-corrected chi connectivity index (χ2v) is 7.49. The van der Waals surface area contributed by atoms with Crippen LogP contribution in [-0.2, 0) is 27.5 Å². The van der Waals surface area contributed by atoms with Gasteiger partial charge in [0.05, 0.1) is 6.61 Å². The van der Waals surface area contributed by atoms with Crippen molar-refractivity contribution in [1.29, 1.82) is 0 Å². The van der Waals surface area contributed by atoms with E-state index in [1.165, 1.54) is 5.56 Å². The number of carboxylic acids is 2. The summed E-state index contributed by atoms with van der Waals surface area (Å²) >= 11 is 0. The number of nitrogens with zero attached hydrogens (tertiary/aromatic N) is 3. The highest BCUT2D eigenvalue weighted by Crippen LogP contribution is 2.22. The molecular weight excluding hydrogens is 414 g/mol. The lowest BCUT2D eigenvalue weighted by atomic mass is 9.94. The van der Waals surface area contributed by atoms with Crippen LogP contribution in [0.1, 0.15) is 24.0 Å².